The Balaban J connectivity index is 2.78. The Kier molecular flexibility index (Phi) is 6.47. The maximum Gasteiger partial charge on any atom is 0.416 e. The van der Waals surface area contributed by atoms with E-state index < -0.39 is 35.8 Å². The van der Waals surface area contributed by atoms with Crippen LogP contribution in [-0.2, 0) is 20.6 Å². The van der Waals surface area contributed by atoms with E-state index in [0.29, 0.717) is 12.1 Å². The molecule has 9 heteroatoms. The van der Waals surface area contributed by atoms with E-state index in [1.54, 1.807) is 0 Å². The topological polar surface area (TPSA) is 104 Å². The fourth-order valence-corrected chi connectivity index (χ4v) is 1.86. The number of carboxylic acid groups (broad SMARTS) is 1. The Hall–Kier alpha value is -2.42. The molecule has 1 rings (SSSR count). The maximum absolute atomic E-state index is 12.5. The molecule has 1 amide bonds. The first-order chi connectivity index (χ1) is 11.0. The number of carboxylic acids is 1. The number of aliphatic hydroxyl groups excluding tert-OH is 1. The third kappa shape index (κ3) is 5.65. The molecule has 0 aromatic heterocycles. The van der Waals surface area contributed by atoms with Gasteiger partial charge in [0.1, 0.15) is 11.8 Å². The number of amides is 1. The summed E-state index contributed by atoms with van der Waals surface area (Å²) in [5.41, 5.74) is -1.06. The normalized spacial score (nSPS) is 13.9. The van der Waals surface area contributed by atoms with Crippen LogP contribution in [0.1, 0.15) is 37.0 Å². The Bertz CT molecular complexity index is 613. The standard InChI is InChI=1S/C15H16F3NO5/c1-8(20)2-7-11(14(23)24)19-13(22)12(21)9-3-5-10(6-4-9)15(16,17)18/h3-6,11-12,21H,2,7H2,1H3,(H,19,22)(H,23,24)/t11-,12-/m1/s1. The molecule has 0 spiro atoms. The number of aliphatic hydroxyl groups is 1. The number of hydrogen-bond acceptors (Lipinski definition) is 4. The number of aliphatic carboxylic acids is 1. The van der Waals surface area contributed by atoms with E-state index in [2.05, 4.69) is 5.32 Å². The van der Waals surface area contributed by atoms with Gasteiger partial charge in [0.25, 0.3) is 5.91 Å². The summed E-state index contributed by atoms with van der Waals surface area (Å²) >= 11 is 0. The fourth-order valence-electron chi connectivity index (χ4n) is 1.86. The van der Waals surface area contributed by atoms with Crippen LogP contribution in [0.25, 0.3) is 0 Å². The van der Waals surface area contributed by atoms with E-state index in [-0.39, 0.29) is 24.2 Å². The first-order valence-corrected chi connectivity index (χ1v) is 6.90. The number of benzene rings is 1. The summed E-state index contributed by atoms with van der Waals surface area (Å²) in [5.74, 6) is -2.73. The number of carbonyl (C=O) groups excluding carboxylic acids is 2. The smallest absolute Gasteiger partial charge is 0.416 e. The number of nitrogens with one attached hydrogen (secondary N) is 1. The van der Waals surface area contributed by atoms with Crippen LogP contribution in [0.15, 0.2) is 24.3 Å². The molecule has 0 aliphatic heterocycles. The van der Waals surface area contributed by atoms with E-state index >= 15 is 0 Å². The number of halogens is 3. The first-order valence-electron chi connectivity index (χ1n) is 6.90. The van der Waals surface area contributed by atoms with Crippen molar-refractivity contribution >= 4 is 17.7 Å². The van der Waals surface area contributed by atoms with Gasteiger partial charge in [0.05, 0.1) is 5.56 Å². The minimum absolute atomic E-state index is 0.0758. The van der Waals surface area contributed by atoms with Gasteiger partial charge in [-0.2, -0.15) is 13.2 Å². The largest absolute Gasteiger partial charge is 0.480 e. The molecule has 1 aromatic carbocycles. The van der Waals surface area contributed by atoms with Crippen LogP contribution in [0, 0.1) is 0 Å². The summed E-state index contributed by atoms with van der Waals surface area (Å²) in [6.07, 6.45) is -6.61. The number of rotatable bonds is 7. The lowest BCUT2D eigenvalue weighted by Gasteiger charge is -2.17. The Morgan fingerprint density at radius 1 is 1.17 bits per heavy atom. The van der Waals surface area contributed by atoms with E-state index in [9.17, 15) is 32.7 Å². The van der Waals surface area contributed by atoms with E-state index in [1.807, 2.05) is 0 Å². The monoisotopic (exact) mass is 347 g/mol. The van der Waals surface area contributed by atoms with Gasteiger partial charge < -0.3 is 20.3 Å². The number of Topliss-reactive ketones (excluding diaryl/α,β-unsaturated/α-hetero) is 1. The van der Waals surface area contributed by atoms with Gasteiger partial charge in [0, 0.05) is 6.42 Å². The molecule has 0 heterocycles. The molecule has 1 aromatic rings. The van der Waals surface area contributed by atoms with Gasteiger partial charge in [0.2, 0.25) is 0 Å². The lowest BCUT2D eigenvalue weighted by atomic mass is 10.0. The van der Waals surface area contributed by atoms with Gasteiger partial charge in [0.15, 0.2) is 6.10 Å². The van der Waals surface area contributed by atoms with Crippen LogP contribution in [0.4, 0.5) is 13.2 Å². The van der Waals surface area contributed by atoms with Crippen LogP contribution < -0.4 is 5.32 Å². The molecule has 0 fully saturated rings. The zero-order valence-corrected chi connectivity index (χ0v) is 12.6. The molecule has 0 saturated heterocycles. The molecule has 0 radical (unpaired) electrons. The van der Waals surface area contributed by atoms with Crippen molar-refractivity contribution in [2.75, 3.05) is 0 Å². The van der Waals surface area contributed by atoms with Crippen LogP contribution in [0.2, 0.25) is 0 Å². The number of ketones is 1. The highest BCUT2D eigenvalue weighted by Crippen LogP contribution is 2.29. The summed E-state index contributed by atoms with van der Waals surface area (Å²) in [7, 11) is 0. The van der Waals surface area contributed by atoms with Crippen molar-refractivity contribution in [1.82, 2.24) is 5.32 Å². The minimum Gasteiger partial charge on any atom is -0.480 e. The van der Waals surface area contributed by atoms with Crippen molar-refractivity contribution in [3.63, 3.8) is 0 Å². The van der Waals surface area contributed by atoms with E-state index in [0.717, 1.165) is 12.1 Å². The number of carbonyl (C=O) groups is 3. The van der Waals surface area contributed by atoms with Gasteiger partial charge in [-0.3, -0.25) is 4.79 Å². The second kappa shape index (κ2) is 7.91. The number of hydrogen-bond donors (Lipinski definition) is 3. The molecule has 0 bridgehead atoms. The molecule has 0 saturated carbocycles. The highest BCUT2D eigenvalue weighted by molar-refractivity contribution is 5.87. The average molecular weight is 347 g/mol. The van der Waals surface area contributed by atoms with Gasteiger partial charge in [-0.1, -0.05) is 12.1 Å². The van der Waals surface area contributed by atoms with Crippen molar-refractivity contribution < 1.29 is 37.8 Å². The summed E-state index contributed by atoms with van der Waals surface area (Å²) < 4.78 is 37.4. The molecule has 6 nitrogen and oxygen atoms in total. The highest BCUT2D eigenvalue weighted by Gasteiger charge is 2.31. The zero-order valence-electron chi connectivity index (χ0n) is 12.6. The molecule has 0 unspecified atom stereocenters. The zero-order chi connectivity index (χ0) is 18.5. The molecule has 3 N–H and O–H groups in total. The second-order valence-corrected chi connectivity index (χ2v) is 5.16. The maximum atomic E-state index is 12.5. The van der Waals surface area contributed by atoms with Crippen molar-refractivity contribution in [2.24, 2.45) is 0 Å². The average Bonchev–Trinajstić information content (AvgIpc) is 2.49. The lowest BCUT2D eigenvalue weighted by molar-refractivity contribution is -0.144. The third-order valence-corrected chi connectivity index (χ3v) is 3.20. The molecular formula is C15H16F3NO5. The van der Waals surface area contributed by atoms with E-state index in [4.69, 9.17) is 5.11 Å². The van der Waals surface area contributed by atoms with Crippen LogP contribution in [0.3, 0.4) is 0 Å². The molecule has 2 atom stereocenters. The molecule has 24 heavy (non-hydrogen) atoms. The summed E-state index contributed by atoms with van der Waals surface area (Å²) in [6.45, 7) is 1.26. The van der Waals surface area contributed by atoms with Gasteiger partial charge >= 0.3 is 12.1 Å². The summed E-state index contributed by atoms with van der Waals surface area (Å²) in [4.78, 5) is 33.8. The Morgan fingerprint density at radius 3 is 2.12 bits per heavy atom. The van der Waals surface area contributed by atoms with Crippen molar-refractivity contribution in [2.45, 2.75) is 38.1 Å². The summed E-state index contributed by atoms with van der Waals surface area (Å²) in [6, 6.07) is 1.88. The number of alkyl halides is 3. The predicted octanol–water partition coefficient (Wildman–Crippen LogP) is 1.68. The predicted molar refractivity (Wildman–Crippen MR) is 75.9 cm³/mol. The second-order valence-electron chi connectivity index (χ2n) is 5.16. The third-order valence-electron chi connectivity index (χ3n) is 3.20. The highest BCUT2D eigenvalue weighted by atomic mass is 19.4. The van der Waals surface area contributed by atoms with Crippen molar-refractivity contribution in [3.05, 3.63) is 35.4 Å². The van der Waals surface area contributed by atoms with Crippen molar-refractivity contribution in [3.8, 4) is 0 Å². The minimum atomic E-state index is -4.55. The Labute approximate surface area is 135 Å². The van der Waals surface area contributed by atoms with Crippen LogP contribution in [0.5, 0.6) is 0 Å². The van der Waals surface area contributed by atoms with Crippen molar-refractivity contribution in [1.29, 1.82) is 0 Å². The van der Waals surface area contributed by atoms with Gasteiger partial charge in [-0.15, -0.1) is 0 Å². The Morgan fingerprint density at radius 2 is 1.71 bits per heavy atom. The summed E-state index contributed by atoms with van der Waals surface area (Å²) in [5, 5.41) is 20.9. The van der Waals surface area contributed by atoms with Crippen LogP contribution in [-0.4, -0.2) is 33.9 Å². The molecule has 132 valence electrons. The van der Waals surface area contributed by atoms with Gasteiger partial charge in [-0.05, 0) is 31.0 Å². The van der Waals surface area contributed by atoms with Gasteiger partial charge in [-0.25, -0.2) is 4.79 Å². The lowest BCUT2D eigenvalue weighted by Crippen LogP contribution is -2.43. The van der Waals surface area contributed by atoms with Crippen LogP contribution >= 0.6 is 0 Å². The molecule has 0 aliphatic carbocycles. The molecule has 0 aliphatic rings. The van der Waals surface area contributed by atoms with E-state index in [1.165, 1.54) is 6.92 Å². The molecular weight excluding hydrogens is 331 g/mol. The first kappa shape index (κ1) is 19.6. The quantitative estimate of drug-likeness (QED) is 0.696. The fraction of sp³-hybridized carbons (Fsp3) is 0.400. The SMILES string of the molecule is CC(=O)CC[C@@H](NC(=O)[C@H](O)c1ccc(C(F)(F)F)cc1)C(=O)O.